The predicted molar refractivity (Wildman–Crippen MR) is 117 cm³/mol. The lowest BCUT2D eigenvalue weighted by molar-refractivity contribution is -0.160. The maximum atomic E-state index is 12.8. The maximum absolute atomic E-state index is 12.8. The number of hydrogen-bond acceptors (Lipinski definition) is 8. The topological polar surface area (TPSA) is 86.8 Å². The molecule has 4 rings (SSSR count). The van der Waals surface area contributed by atoms with Crippen LogP contribution < -0.4 is 5.32 Å². The number of aromatic nitrogens is 1. The third kappa shape index (κ3) is 4.32. The number of carbonyl (C=O) groups is 2. The highest BCUT2D eigenvalue weighted by Gasteiger charge is 2.65. The van der Waals surface area contributed by atoms with Crippen LogP contribution in [0, 0.1) is 12.3 Å². The number of hydrogen-bond donors (Lipinski definition) is 1. The van der Waals surface area contributed by atoms with Crippen LogP contribution in [0.3, 0.4) is 0 Å². The monoisotopic (exact) mass is 444 g/mol. The van der Waals surface area contributed by atoms with Crippen LogP contribution >= 0.6 is 11.3 Å². The predicted octanol–water partition coefficient (Wildman–Crippen LogP) is 4.48. The van der Waals surface area contributed by atoms with Crippen LogP contribution in [0.5, 0.6) is 0 Å². The van der Waals surface area contributed by atoms with E-state index >= 15 is 0 Å². The van der Waals surface area contributed by atoms with E-state index < -0.39 is 29.1 Å². The normalized spacial score (nSPS) is 27.5. The first kappa shape index (κ1) is 21.8. The summed E-state index contributed by atoms with van der Waals surface area (Å²) in [5.41, 5.74) is 0.493. The number of rotatable bonds is 8. The average Bonchev–Trinajstić information content (AvgIpc) is 3.39. The van der Waals surface area contributed by atoms with Crippen molar-refractivity contribution in [2.24, 2.45) is 5.41 Å². The van der Waals surface area contributed by atoms with Crippen molar-refractivity contribution in [2.75, 3.05) is 18.5 Å². The number of carbonyl (C=O) groups excluding carboxylic acids is 2. The van der Waals surface area contributed by atoms with Gasteiger partial charge in [-0.05, 0) is 32.4 Å². The number of esters is 2. The summed E-state index contributed by atoms with van der Waals surface area (Å²) in [6.45, 7) is 6.85. The van der Waals surface area contributed by atoms with Crippen LogP contribution in [0.4, 0.5) is 10.8 Å². The molecule has 1 aromatic heterocycles. The summed E-state index contributed by atoms with van der Waals surface area (Å²) in [5.74, 6) is -1.05. The van der Waals surface area contributed by atoms with Gasteiger partial charge >= 0.3 is 11.9 Å². The molecule has 2 aliphatic heterocycles. The Kier molecular flexibility index (Phi) is 6.03. The highest BCUT2D eigenvalue weighted by atomic mass is 32.1. The lowest BCUT2D eigenvalue weighted by Crippen LogP contribution is -2.32. The van der Waals surface area contributed by atoms with E-state index in [0.29, 0.717) is 24.0 Å². The third-order valence-electron chi connectivity index (χ3n) is 5.88. The second kappa shape index (κ2) is 8.59. The quantitative estimate of drug-likeness (QED) is 0.365. The van der Waals surface area contributed by atoms with E-state index in [0.717, 1.165) is 18.5 Å². The van der Waals surface area contributed by atoms with E-state index in [4.69, 9.17) is 14.2 Å². The van der Waals surface area contributed by atoms with Crippen molar-refractivity contribution in [1.29, 1.82) is 0 Å². The number of cyclic esters (lactones) is 2. The molecule has 3 heterocycles. The lowest BCUT2D eigenvalue weighted by atomic mass is 9.78. The van der Waals surface area contributed by atoms with Crippen molar-refractivity contribution >= 4 is 34.1 Å². The van der Waals surface area contributed by atoms with Crippen LogP contribution in [-0.4, -0.2) is 36.2 Å². The third-order valence-corrected chi connectivity index (χ3v) is 6.64. The number of nitrogens with one attached hydrogen (secondary N) is 1. The summed E-state index contributed by atoms with van der Waals surface area (Å²) in [5, 5.41) is 5.84. The summed E-state index contributed by atoms with van der Waals surface area (Å²) >= 11 is 1.43. The molecule has 0 aliphatic carbocycles. The largest absolute Gasteiger partial charge is 0.459 e. The number of ether oxygens (including phenoxy) is 3. The van der Waals surface area contributed by atoms with Crippen molar-refractivity contribution < 1.29 is 23.8 Å². The Balaban J connectivity index is 1.45. The Morgan fingerprint density at radius 2 is 2.03 bits per heavy atom. The minimum absolute atomic E-state index is 0.219. The van der Waals surface area contributed by atoms with Gasteiger partial charge in [-0.1, -0.05) is 31.0 Å². The van der Waals surface area contributed by atoms with Gasteiger partial charge in [-0.2, -0.15) is 0 Å². The van der Waals surface area contributed by atoms with Gasteiger partial charge in [0, 0.05) is 30.5 Å². The molecule has 1 N–H and O–H groups in total. The molecule has 1 spiro atoms. The summed E-state index contributed by atoms with van der Waals surface area (Å²) in [7, 11) is 0. The summed E-state index contributed by atoms with van der Waals surface area (Å²) in [6, 6.07) is 8.02. The van der Waals surface area contributed by atoms with E-state index in [2.05, 4.69) is 17.2 Å². The number of anilines is 2. The fraction of sp³-hybridized carbons (Fsp3) is 0.522. The molecule has 3 atom stereocenters. The molecule has 2 aliphatic rings. The fourth-order valence-corrected chi connectivity index (χ4v) is 4.96. The van der Waals surface area contributed by atoms with Gasteiger partial charge in [-0.3, -0.25) is 9.59 Å². The molecule has 7 nitrogen and oxygen atoms in total. The molecule has 2 aromatic rings. The lowest BCUT2D eigenvalue weighted by Gasteiger charge is -2.20. The standard InChI is InChI=1S/C23H28N2O5S/c1-4-5-10-28-12-17-11-23(19(26)29-17)14-22(3,30-20(23)27)18-13-31-21(25-18)24-16-8-6-15(2)7-9-16/h6-9,13,17H,4-5,10-12,14H2,1-3H3,(H,24,25)/t17-,22+,23+/m1/s1. The van der Waals surface area contributed by atoms with Gasteiger partial charge in [0.2, 0.25) is 0 Å². The van der Waals surface area contributed by atoms with E-state index in [9.17, 15) is 9.59 Å². The van der Waals surface area contributed by atoms with Crippen LogP contribution in [0.2, 0.25) is 0 Å². The van der Waals surface area contributed by atoms with Gasteiger partial charge in [-0.25, -0.2) is 4.98 Å². The Labute approximate surface area is 186 Å². The van der Waals surface area contributed by atoms with Gasteiger partial charge in [0.15, 0.2) is 16.1 Å². The minimum atomic E-state index is -1.28. The van der Waals surface area contributed by atoms with Gasteiger partial charge in [0.25, 0.3) is 0 Å². The average molecular weight is 445 g/mol. The highest BCUT2D eigenvalue weighted by Crippen LogP contribution is 2.52. The van der Waals surface area contributed by atoms with Crippen molar-refractivity contribution in [2.45, 2.75) is 58.2 Å². The molecule has 2 saturated heterocycles. The molecule has 166 valence electrons. The molecule has 0 unspecified atom stereocenters. The zero-order valence-corrected chi connectivity index (χ0v) is 18.9. The minimum Gasteiger partial charge on any atom is -0.459 e. The zero-order chi connectivity index (χ0) is 22.1. The Hall–Kier alpha value is -2.45. The number of nitrogens with zero attached hydrogens (tertiary/aromatic N) is 1. The molecule has 8 heteroatoms. The number of unbranched alkanes of at least 4 members (excludes halogenated alkanes) is 1. The van der Waals surface area contributed by atoms with Gasteiger partial charge < -0.3 is 19.5 Å². The van der Waals surface area contributed by atoms with Crippen LogP contribution in [-0.2, 0) is 29.4 Å². The molecule has 31 heavy (non-hydrogen) atoms. The maximum Gasteiger partial charge on any atom is 0.324 e. The van der Waals surface area contributed by atoms with Crippen LogP contribution in [0.25, 0.3) is 0 Å². The zero-order valence-electron chi connectivity index (χ0n) is 18.1. The van der Waals surface area contributed by atoms with Crippen LogP contribution in [0.15, 0.2) is 29.6 Å². The first-order valence-corrected chi connectivity index (χ1v) is 11.5. The van der Waals surface area contributed by atoms with Crippen molar-refractivity contribution in [3.05, 3.63) is 40.9 Å². The molecule has 2 fully saturated rings. The number of thiazole rings is 1. The molecular weight excluding hydrogens is 416 g/mol. The van der Waals surface area contributed by atoms with Gasteiger partial charge in [0.05, 0.1) is 12.3 Å². The molecule has 0 bridgehead atoms. The Morgan fingerprint density at radius 1 is 1.26 bits per heavy atom. The second-order valence-electron chi connectivity index (χ2n) is 8.57. The smallest absolute Gasteiger partial charge is 0.324 e. The number of aryl methyl sites for hydroxylation is 1. The molecule has 1 aromatic carbocycles. The van der Waals surface area contributed by atoms with Crippen molar-refractivity contribution in [3.8, 4) is 0 Å². The first-order chi connectivity index (χ1) is 14.8. The SMILES string of the molecule is CCCCOC[C@H]1C[C@]2(C[C@@](C)(c3csc(Nc4ccc(C)cc4)n3)OC2=O)C(=O)O1. The van der Waals surface area contributed by atoms with E-state index in [1.54, 1.807) is 0 Å². The molecular formula is C23H28N2O5S. The Morgan fingerprint density at radius 3 is 2.77 bits per heavy atom. The van der Waals surface area contributed by atoms with E-state index in [1.807, 2.05) is 43.5 Å². The van der Waals surface area contributed by atoms with E-state index in [-0.39, 0.29) is 12.8 Å². The van der Waals surface area contributed by atoms with Gasteiger partial charge in [0.1, 0.15) is 6.10 Å². The summed E-state index contributed by atoms with van der Waals surface area (Å²) in [6.07, 6.45) is 2.07. The van der Waals surface area contributed by atoms with Crippen molar-refractivity contribution in [1.82, 2.24) is 4.98 Å². The number of benzene rings is 1. The van der Waals surface area contributed by atoms with E-state index in [1.165, 1.54) is 16.9 Å². The first-order valence-electron chi connectivity index (χ1n) is 10.7. The Bertz CT molecular complexity index is 959. The highest BCUT2D eigenvalue weighted by molar-refractivity contribution is 7.13. The van der Waals surface area contributed by atoms with Crippen LogP contribution in [0.1, 0.15) is 50.8 Å². The van der Waals surface area contributed by atoms with Crippen molar-refractivity contribution in [3.63, 3.8) is 0 Å². The summed E-state index contributed by atoms with van der Waals surface area (Å²) in [4.78, 5) is 30.2. The molecule has 0 amide bonds. The summed E-state index contributed by atoms with van der Waals surface area (Å²) < 4.78 is 16.8. The fourth-order valence-electron chi connectivity index (χ4n) is 4.11. The van der Waals surface area contributed by atoms with Gasteiger partial charge in [-0.15, -0.1) is 11.3 Å². The molecule has 0 radical (unpaired) electrons. The second-order valence-corrected chi connectivity index (χ2v) is 9.43. The molecule has 0 saturated carbocycles.